The van der Waals surface area contributed by atoms with Gasteiger partial charge in [0.15, 0.2) is 0 Å². The van der Waals surface area contributed by atoms with Crippen LogP contribution in [0.2, 0.25) is 0 Å². The van der Waals surface area contributed by atoms with Gasteiger partial charge in [-0.25, -0.2) is 0 Å². The second-order valence-electron chi connectivity index (χ2n) is 8.93. The zero-order valence-electron chi connectivity index (χ0n) is 17.7. The van der Waals surface area contributed by atoms with Gasteiger partial charge in [-0.3, -0.25) is 10.3 Å². The molecule has 0 saturated heterocycles. The van der Waals surface area contributed by atoms with E-state index in [0.717, 1.165) is 28.5 Å². The first kappa shape index (κ1) is 21.6. The predicted molar refractivity (Wildman–Crippen MR) is 112 cm³/mol. The fourth-order valence-electron chi connectivity index (χ4n) is 4.34. The lowest BCUT2D eigenvalue weighted by Gasteiger charge is -2.39. The topological polar surface area (TPSA) is 70.2 Å². The molecular weight excluding hydrogens is 407 g/mol. The van der Waals surface area contributed by atoms with Crippen molar-refractivity contribution in [1.82, 2.24) is 15.3 Å². The van der Waals surface area contributed by atoms with Gasteiger partial charge in [0.1, 0.15) is 5.75 Å². The number of aromatic amines is 1. The molecule has 0 radical (unpaired) electrons. The Labute approximate surface area is 178 Å². The minimum atomic E-state index is -4.87. The highest BCUT2D eigenvalue weighted by atomic mass is 19.4. The summed E-state index contributed by atoms with van der Waals surface area (Å²) in [6, 6.07) is 7.32. The minimum Gasteiger partial charge on any atom is -0.493 e. The van der Waals surface area contributed by atoms with Gasteiger partial charge in [0, 0.05) is 53.9 Å². The summed E-state index contributed by atoms with van der Waals surface area (Å²) in [5, 5.41) is 13.9. The molecule has 31 heavy (non-hydrogen) atoms. The Morgan fingerprint density at radius 2 is 2.00 bits per heavy atom. The van der Waals surface area contributed by atoms with Gasteiger partial charge >= 0.3 is 6.18 Å². The molecule has 0 bridgehead atoms. The summed E-state index contributed by atoms with van der Waals surface area (Å²) in [7, 11) is 0. The van der Waals surface area contributed by atoms with E-state index >= 15 is 0 Å². The molecule has 0 fully saturated rings. The zero-order chi connectivity index (χ0) is 22.4. The maximum atomic E-state index is 14.0. The second kappa shape index (κ2) is 7.53. The standard InChI is InChI=1S/C23H26F3N3O2/c1-14-8-15-5-7-31-20(15)18(9-14)21(2,3)13-22(30,23(24,25)26)28-12-17-10-16-11-27-6-4-19(16)29-17/h4,6,8-11,28-30H,5,7,12-13H2,1-3H3. The van der Waals surface area contributed by atoms with Gasteiger partial charge in [0.2, 0.25) is 5.72 Å². The molecule has 3 heterocycles. The van der Waals surface area contributed by atoms with Gasteiger partial charge in [-0.2, -0.15) is 13.2 Å². The molecule has 4 rings (SSSR count). The van der Waals surface area contributed by atoms with Crippen LogP contribution >= 0.6 is 0 Å². The number of fused-ring (bicyclic) bond motifs is 2. The normalized spacial score (nSPS) is 16.2. The number of nitrogens with zero attached hydrogens (tertiary/aromatic N) is 1. The van der Waals surface area contributed by atoms with Crippen LogP contribution in [0, 0.1) is 6.92 Å². The van der Waals surface area contributed by atoms with E-state index in [4.69, 9.17) is 4.74 Å². The number of aromatic nitrogens is 2. The Balaban J connectivity index is 1.61. The molecule has 5 nitrogen and oxygen atoms in total. The number of halogens is 3. The third-order valence-electron chi connectivity index (χ3n) is 5.87. The lowest BCUT2D eigenvalue weighted by atomic mass is 9.76. The summed E-state index contributed by atoms with van der Waals surface area (Å²) in [4.78, 5) is 7.06. The number of H-pyrrole nitrogens is 1. The minimum absolute atomic E-state index is 0.177. The zero-order valence-corrected chi connectivity index (χ0v) is 17.7. The quantitative estimate of drug-likeness (QED) is 0.500. The average molecular weight is 433 g/mol. The van der Waals surface area contributed by atoms with Crippen molar-refractivity contribution in [3.05, 3.63) is 59.0 Å². The summed E-state index contributed by atoms with van der Waals surface area (Å²) >= 11 is 0. The first-order valence-electron chi connectivity index (χ1n) is 10.2. The molecular formula is C23H26F3N3O2. The molecule has 3 N–H and O–H groups in total. The van der Waals surface area contributed by atoms with Gasteiger partial charge in [0.05, 0.1) is 6.61 Å². The molecule has 1 atom stereocenters. The Kier molecular flexibility index (Phi) is 5.26. The third-order valence-corrected chi connectivity index (χ3v) is 5.87. The molecule has 8 heteroatoms. The molecule has 0 spiro atoms. The molecule has 0 aliphatic carbocycles. The third kappa shape index (κ3) is 4.14. The highest BCUT2D eigenvalue weighted by Crippen LogP contribution is 2.45. The number of benzene rings is 1. The van der Waals surface area contributed by atoms with Crippen molar-refractivity contribution in [1.29, 1.82) is 0 Å². The number of hydrogen-bond acceptors (Lipinski definition) is 4. The summed E-state index contributed by atoms with van der Waals surface area (Å²) in [6.07, 6.45) is -1.47. The first-order valence-corrected chi connectivity index (χ1v) is 10.2. The highest BCUT2D eigenvalue weighted by molar-refractivity contribution is 5.79. The molecule has 0 saturated carbocycles. The maximum absolute atomic E-state index is 14.0. The van der Waals surface area contributed by atoms with E-state index in [1.807, 2.05) is 19.1 Å². The van der Waals surface area contributed by atoms with E-state index < -0.39 is 23.7 Å². The summed E-state index contributed by atoms with van der Waals surface area (Å²) in [6.45, 7) is 5.66. The van der Waals surface area contributed by atoms with Crippen LogP contribution in [0.1, 0.15) is 42.7 Å². The summed E-state index contributed by atoms with van der Waals surface area (Å²) in [5.41, 5.74) is -0.135. The van der Waals surface area contributed by atoms with Crippen LogP contribution in [0.15, 0.2) is 36.7 Å². The number of aliphatic hydroxyl groups is 1. The molecule has 1 aromatic carbocycles. The summed E-state index contributed by atoms with van der Waals surface area (Å²) in [5.74, 6) is 0.642. The van der Waals surface area contributed by atoms with Crippen LogP contribution in [0.25, 0.3) is 10.9 Å². The van der Waals surface area contributed by atoms with E-state index in [-0.39, 0.29) is 6.54 Å². The largest absolute Gasteiger partial charge is 0.493 e. The van der Waals surface area contributed by atoms with Gasteiger partial charge in [-0.15, -0.1) is 0 Å². The van der Waals surface area contributed by atoms with E-state index in [2.05, 4.69) is 15.3 Å². The fraction of sp³-hybridized carbons (Fsp3) is 0.435. The van der Waals surface area contributed by atoms with Crippen LogP contribution in [-0.4, -0.2) is 33.6 Å². The van der Waals surface area contributed by atoms with Crippen LogP contribution in [-0.2, 0) is 18.4 Å². The second-order valence-corrected chi connectivity index (χ2v) is 8.93. The Hall–Kier alpha value is -2.58. The monoisotopic (exact) mass is 433 g/mol. The fourth-order valence-corrected chi connectivity index (χ4v) is 4.34. The number of alkyl halides is 3. The van der Waals surface area contributed by atoms with E-state index in [1.54, 1.807) is 38.4 Å². The Bertz CT molecular complexity index is 1070. The number of hydrogen-bond donors (Lipinski definition) is 3. The van der Waals surface area contributed by atoms with E-state index in [1.165, 1.54) is 0 Å². The summed E-state index contributed by atoms with van der Waals surface area (Å²) < 4.78 is 47.9. The highest BCUT2D eigenvalue weighted by Gasteiger charge is 2.56. The van der Waals surface area contributed by atoms with Crippen molar-refractivity contribution in [2.45, 2.75) is 57.5 Å². The average Bonchev–Trinajstić information content (AvgIpc) is 3.30. The lowest BCUT2D eigenvalue weighted by Crippen LogP contribution is -2.59. The molecule has 1 unspecified atom stereocenters. The van der Waals surface area contributed by atoms with Crippen molar-refractivity contribution in [3.63, 3.8) is 0 Å². The van der Waals surface area contributed by atoms with Crippen molar-refractivity contribution in [2.75, 3.05) is 6.61 Å². The Morgan fingerprint density at radius 3 is 2.71 bits per heavy atom. The van der Waals surface area contributed by atoms with Crippen molar-refractivity contribution in [3.8, 4) is 5.75 Å². The van der Waals surface area contributed by atoms with E-state index in [9.17, 15) is 18.3 Å². The van der Waals surface area contributed by atoms with E-state index in [0.29, 0.717) is 23.6 Å². The smallest absolute Gasteiger partial charge is 0.431 e. The van der Waals surface area contributed by atoms with Gasteiger partial charge < -0.3 is 14.8 Å². The Morgan fingerprint density at radius 1 is 1.23 bits per heavy atom. The SMILES string of the molecule is Cc1cc2c(c(C(C)(C)CC(O)(NCc3cc4cnccc4[nH]3)C(F)(F)F)c1)OCC2. The van der Waals surface area contributed by atoms with Crippen LogP contribution in [0.5, 0.6) is 5.75 Å². The number of aryl methyl sites for hydroxylation is 1. The molecule has 3 aromatic rings. The number of rotatable bonds is 6. The van der Waals surface area contributed by atoms with Gasteiger partial charge in [-0.1, -0.05) is 31.5 Å². The number of nitrogens with one attached hydrogen (secondary N) is 2. The van der Waals surface area contributed by atoms with Crippen LogP contribution < -0.4 is 10.1 Å². The number of ether oxygens (including phenoxy) is 1. The molecule has 0 amide bonds. The number of pyridine rings is 1. The van der Waals surface area contributed by atoms with Crippen LogP contribution in [0.3, 0.4) is 0 Å². The lowest BCUT2D eigenvalue weighted by molar-refractivity contribution is -0.280. The van der Waals surface area contributed by atoms with Crippen LogP contribution in [0.4, 0.5) is 13.2 Å². The van der Waals surface area contributed by atoms with Gasteiger partial charge in [-0.05, 0) is 30.0 Å². The van der Waals surface area contributed by atoms with Crippen molar-refractivity contribution < 1.29 is 23.0 Å². The molecule has 1 aliphatic rings. The molecule has 2 aromatic heterocycles. The first-order chi connectivity index (χ1) is 14.5. The molecule has 1 aliphatic heterocycles. The van der Waals surface area contributed by atoms with Gasteiger partial charge in [0.25, 0.3) is 0 Å². The maximum Gasteiger partial charge on any atom is 0.431 e. The predicted octanol–water partition coefficient (Wildman–Crippen LogP) is 4.51. The molecule has 166 valence electrons. The van der Waals surface area contributed by atoms with Crippen molar-refractivity contribution in [2.24, 2.45) is 0 Å². The van der Waals surface area contributed by atoms with Crippen molar-refractivity contribution >= 4 is 10.9 Å².